The lowest BCUT2D eigenvalue weighted by molar-refractivity contribution is 0.567. The Kier molecular flexibility index (Phi) is 2.32. The van der Waals surface area contributed by atoms with E-state index in [1.807, 2.05) is 12.1 Å². The summed E-state index contributed by atoms with van der Waals surface area (Å²) in [5.74, 6) is 0.765. The van der Waals surface area contributed by atoms with E-state index >= 15 is 0 Å². The van der Waals surface area contributed by atoms with E-state index in [9.17, 15) is 0 Å². The summed E-state index contributed by atoms with van der Waals surface area (Å²) in [7, 11) is 0. The highest BCUT2D eigenvalue weighted by molar-refractivity contribution is 5.00. The molecule has 0 radical (unpaired) electrons. The molecule has 0 aliphatic carbocycles. The van der Waals surface area contributed by atoms with Crippen LogP contribution in [-0.2, 0) is 6.42 Å². The second kappa shape index (κ2) is 3.63. The van der Waals surface area contributed by atoms with Crippen LogP contribution in [-0.4, -0.2) is 23.3 Å². The number of hydrogen-bond donors (Lipinski definition) is 1. The molecule has 1 fully saturated rings. The molecule has 0 amide bonds. The van der Waals surface area contributed by atoms with Gasteiger partial charge < -0.3 is 5.32 Å². The van der Waals surface area contributed by atoms with Gasteiger partial charge in [-0.05, 0) is 44.0 Å². The highest BCUT2D eigenvalue weighted by atomic mass is 15.1. The van der Waals surface area contributed by atoms with Gasteiger partial charge >= 0.3 is 0 Å². The minimum atomic E-state index is 0.765. The Hall–Kier alpha value is -0.960. The Labute approximate surface area is 72.2 Å². The first-order chi connectivity index (χ1) is 5.95. The van der Waals surface area contributed by atoms with Crippen LogP contribution in [0.1, 0.15) is 12.1 Å². The van der Waals surface area contributed by atoms with Gasteiger partial charge in [-0.1, -0.05) is 0 Å². The van der Waals surface area contributed by atoms with Gasteiger partial charge in [0, 0.05) is 6.20 Å². The van der Waals surface area contributed by atoms with Crippen molar-refractivity contribution in [1.29, 1.82) is 0 Å². The zero-order chi connectivity index (χ0) is 8.23. The standard InChI is InChI=1S/C9H13N3/c1-2-9(12-11-4-1)6-8-3-5-10-7-8/h1-2,4,8,10H,3,5-7H2. The molecule has 1 aromatic rings. The second-order valence-electron chi connectivity index (χ2n) is 3.28. The van der Waals surface area contributed by atoms with E-state index in [1.54, 1.807) is 6.20 Å². The van der Waals surface area contributed by atoms with Gasteiger partial charge in [0.15, 0.2) is 0 Å². The topological polar surface area (TPSA) is 37.8 Å². The lowest BCUT2D eigenvalue weighted by Gasteiger charge is -2.05. The van der Waals surface area contributed by atoms with Gasteiger partial charge in [-0.25, -0.2) is 0 Å². The maximum absolute atomic E-state index is 4.06. The molecule has 0 bridgehead atoms. The lowest BCUT2D eigenvalue weighted by atomic mass is 10.0. The molecule has 1 unspecified atom stereocenters. The molecule has 2 rings (SSSR count). The Morgan fingerprint density at radius 2 is 2.58 bits per heavy atom. The molecule has 1 aliphatic heterocycles. The molecule has 2 heterocycles. The number of rotatable bonds is 2. The summed E-state index contributed by atoms with van der Waals surface area (Å²) in [6.07, 6.45) is 4.06. The number of hydrogen-bond acceptors (Lipinski definition) is 3. The van der Waals surface area contributed by atoms with Crippen LogP contribution in [0.2, 0.25) is 0 Å². The van der Waals surface area contributed by atoms with Crippen LogP contribution in [0, 0.1) is 5.92 Å². The average molecular weight is 163 g/mol. The fraction of sp³-hybridized carbons (Fsp3) is 0.556. The van der Waals surface area contributed by atoms with Crippen LogP contribution in [0.4, 0.5) is 0 Å². The van der Waals surface area contributed by atoms with Crippen molar-refractivity contribution in [1.82, 2.24) is 15.5 Å². The van der Waals surface area contributed by atoms with Gasteiger partial charge in [0.2, 0.25) is 0 Å². The molecule has 1 atom stereocenters. The predicted molar refractivity (Wildman–Crippen MR) is 46.7 cm³/mol. The molecule has 12 heavy (non-hydrogen) atoms. The molecule has 3 heteroatoms. The van der Waals surface area contributed by atoms with Crippen molar-refractivity contribution >= 4 is 0 Å². The van der Waals surface area contributed by atoms with E-state index in [0.717, 1.165) is 31.1 Å². The smallest absolute Gasteiger partial charge is 0.0634 e. The first-order valence-corrected chi connectivity index (χ1v) is 4.42. The minimum Gasteiger partial charge on any atom is -0.316 e. The third kappa shape index (κ3) is 1.80. The zero-order valence-corrected chi connectivity index (χ0v) is 7.03. The van der Waals surface area contributed by atoms with Crippen molar-refractivity contribution < 1.29 is 0 Å². The SMILES string of the molecule is c1cnnc(CC2CCNC2)c1. The Balaban J connectivity index is 1.94. The molecular weight excluding hydrogens is 150 g/mol. The minimum absolute atomic E-state index is 0.765. The van der Waals surface area contributed by atoms with Gasteiger partial charge in [-0.3, -0.25) is 0 Å². The van der Waals surface area contributed by atoms with Gasteiger partial charge in [-0.2, -0.15) is 10.2 Å². The molecule has 1 aliphatic rings. The van der Waals surface area contributed by atoms with Crippen molar-refractivity contribution in [2.24, 2.45) is 5.92 Å². The highest BCUT2D eigenvalue weighted by Gasteiger charge is 2.14. The van der Waals surface area contributed by atoms with Crippen LogP contribution in [0.25, 0.3) is 0 Å². The molecule has 3 nitrogen and oxygen atoms in total. The van der Waals surface area contributed by atoms with Gasteiger partial charge in [0.25, 0.3) is 0 Å². The third-order valence-corrected chi connectivity index (χ3v) is 2.29. The van der Waals surface area contributed by atoms with E-state index in [0.29, 0.717) is 0 Å². The monoisotopic (exact) mass is 163 g/mol. The zero-order valence-electron chi connectivity index (χ0n) is 7.03. The first-order valence-electron chi connectivity index (χ1n) is 4.42. The maximum atomic E-state index is 4.06. The number of nitrogens with one attached hydrogen (secondary N) is 1. The van der Waals surface area contributed by atoms with Crippen LogP contribution in [0.3, 0.4) is 0 Å². The summed E-state index contributed by atoms with van der Waals surface area (Å²) in [6.45, 7) is 2.29. The summed E-state index contributed by atoms with van der Waals surface area (Å²) >= 11 is 0. The molecule has 0 spiro atoms. The van der Waals surface area contributed by atoms with E-state index in [1.165, 1.54) is 6.42 Å². The quantitative estimate of drug-likeness (QED) is 0.695. The molecule has 1 N–H and O–H groups in total. The van der Waals surface area contributed by atoms with E-state index in [2.05, 4.69) is 15.5 Å². The molecule has 0 aromatic carbocycles. The molecule has 1 aromatic heterocycles. The van der Waals surface area contributed by atoms with Crippen LogP contribution in [0.15, 0.2) is 18.3 Å². The Morgan fingerprint density at radius 3 is 3.25 bits per heavy atom. The van der Waals surface area contributed by atoms with Crippen molar-refractivity contribution in [3.63, 3.8) is 0 Å². The normalized spacial score (nSPS) is 22.8. The Bertz CT molecular complexity index is 229. The summed E-state index contributed by atoms with van der Waals surface area (Å²) in [5, 5.41) is 11.3. The fourth-order valence-corrected chi connectivity index (χ4v) is 1.63. The number of nitrogens with zero attached hydrogens (tertiary/aromatic N) is 2. The maximum Gasteiger partial charge on any atom is 0.0634 e. The van der Waals surface area contributed by atoms with Crippen LogP contribution >= 0.6 is 0 Å². The molecular formula is C9H13N3. The second-order valence-corrected chi connectivity index (χ2v) is 3.28. The van der Waals surface area contributed by atoms with E-state index < -0.39 is 0 Å². The summed E-state index contributed by atoms with van der Waals surface area (Å²) < 4.78 is 0. The van der Waals surface area contributed by atoms with Gasteiger partial charge in [0.05, 0.1) is 5.69 Å². The molecule has 64 valence electrons. The van der Waals surface area contributed by atoms with E-state index in [-0.39, 0.29) is 0 Å². The predicted octanol–water partition coefficient (Wildman–Crippen LogP) is 0.629. The van der Waals surface area contributed by atoms with Gasteiger partial charge in [-0.15, -0.1) is 0 Å². The van der Waals surface area contributed by atoms with Crippen molar-refractivity contribution in [3.8, 4) is 0 Å². The lowest BCUT2D eigenvalue weighted by Crippen LogP contribution is -2.11. The largest absolute Gasteiger partial charge is 0.316 e. The molecule has 1 saturated heterocycles. The fourth-order valence-electron chi connectivity index (χ4n) is 1.63. The van der Waals surface area contributed by atoms with E-state index in [4.69, 9.17) is 0 Å². The summed E-state index contributed by atoms with van der Waals surface area (Å²) in [6, 6.07) is 4.00. The molecule has 0 saturated carbocycles. The number of aromatic nitrogens is 2. The average Bonchev–Trinajstić information content (AvgIpc) is 2.59. The van der Waals surface area contributed by atoms with Crippen molar-refractivity contribution in [2.75, 3.05) is 13.1 Å². The van der Waals surface area contributed by atoms with Crippen LogP contribution < -0.4 is 5.32 Å². The van der Waals surface area contributed by atoms with Gasteiger partial charge in [0.1, 0.15) is 0 Å². The van der Waals surface area contributed by atoms with Crippen molar-refractivity contribution in [3.05, 3.63) is 24.0 Å². The third-order valence-electron chi connectivity index (χ3n) is 2.29. The summed E-state index contributed by atoms with van der Waals surface area (Å²) in [5.41, 5.74) is 1.12. The Morgan fingerprint density at radius 1 is 1.58 bits per heavy atom. The highest BCUT2D eigenvalue weighted by Crippen LogP contribution is 2.12. The van der Waals surface area contributed by atoms with Crippen LogP contribution in [0.5, 0.6) is 0 Å². The van der Waals surface area contributed by atoms with Crippen molar-refractivity contribution in [2.45, 2.75) is 12.8 Å². The summed E-state index contributed by atoms with van der Waals surface area (Å²) in [4.78, 5) is 0. The first kappa shape index (κ1) is 7.68.